The molecule has 2 aromatic heterocycles. The number of hydrogen-bond acceptors (Lipinski definition) is 4. The Hall–Kier alpha value is -4.78. The van der Waals surface area contributed by atoms with Crippen LogP contribution in [0, 0.1) is 5.92 Å². The molecule has 2 heterocycles. The third-order valence-electron chi connectivity index (χ3n) is 13.1. The molecule has 61 heavy (non-hydrogen) atoms. The second-order valence-corrected chi connectivity index (χ2v) is 21.6. The molecule has 2 atom stereocenters. The Labute approximate surface area is 370 Å². The van der Waals surface area contributed by atoms with Crippen molar-refractivity contribution >= 4 is 67.1 Å². The maximum atomic E-state index is 12.3. The van der Waals surface area contributed by atoms with Gasteiger partial charge in [0.1, 0.15) is 11.5 Å². The number of rotatable bonds is 9. The molecule has 2 unspecified atom stereocenters. The summed E-state index contributed by atoms with van der Waals surface area (Å²) in [5.41, 5.74) is 10.5. The summed E-state index contributed by atoms with van der Waals surface area (Å²) in [6, 6.07) is 43.2. The molecule has 1 fully saturated rings. The molecule has 4 nitrogen and oxygen atoms in total. The Balaban J connectivity index is 1.01. The lowest BCUT2D eigenvalue weighted by Gasteiger charge is -2.30. The van der Waals surface area contributed by atoms with Gasteiger partial charge in [0.15, 0.2) is 0 Å². The summed E-state index contributed by atoms with van der Waals surface area (Å²) in [6.45, 7) is 13.6. The maximum absolute atomic E-state index is 12.3. The molecule has 0 spiro atoms. The molecule has 0 amide bonds. The first-order valence-corrected chi connectivity index (χ1v) is 24.5. The van der Waals surface area contributed by atoms with Crippen LogP contribution in [0.1, 0.15) is 102 Å². The molecule has 1 aliphatic carbocycles. The van der Waals surface area contributed by atoms with E-state index in [1.165, 1.54) is 71.2 Å². The zero-order chi connectivity index (χ0) is 42.5. The standard InChI is InChI=1S/C55H60N2O2S2/c1-54(2,3)39-29-37(52(58)49(31-39)56-45-24-15-11-20-41(45)42-21-12-16-25-46(42)56)34-60-33-36-19-9-7-8-10-28-51(36)61-35-38-30-40(55(4,5)6)32-50(53(38)59)57-47-26-17-13-22-43(47)44-23-14-18-27-48(44)57/h11-18,20-27,29-32,36,51,58-59H,7-10,19,28,33-35H2,1-6H3. The average molecular weight is 845 g/mol. The molecule has 1 aliphatic rings. The van der Waals surface area contributed by atoms with Crippen molar-refractivity contribution in [3.8, 4) is 22.9 Å². The van der Waals surface area contributed by atoms with Crippen LogP contribution in [-0.4, -0.2) is 30.4 Å². The molecule has 6 aromatic carbocycles. The van der Waals surface area contributed by atoms with Crippen molar-refractivity contribution in [1.29, 1.82) is 0 Å². The predicted octanol–water partition coefficient (Wildman–Crippen LogP) is 15.4. The molecule has 2 N–H and O–H groups in total. The summed E-state index contributed by atoms with van der Waals surface area (Å²) in [5, 5.41) is 29.8. The highest BCUT2D eigenvalue weighted by Gasteiger charge is 2.28. The van der Waals surface area contributed by atoms with Crippen LogP contribution in [0.5, 0.6) is 11.5 Å². The van der Waals surface area contributed by atoms with Gasteiger partial charge in [-0.05, 0) is 82.9 Å². The first kappa shape index (κ1) is 41.6. The van der Waals surface area contributed by atoms with Crippen molar-refractivity contribution in [3.05, 3.63) is 144 Å². The monoisotopic (exact) mass is 844 g/mol. The Morgan fingerprint density at radius 2 is 0.902 bits per heavy atom. The van der Waals surface area contributed by atoms with Crippen LogP contribution in [0.3, 0.4) is 0 Å². The van der Waals surface area contributed by atoms with Gasteiger partial charge in [-0.15, -0.1) is 0 Å². The fourth-order valence-corrected chi connectivity index (χ4v) is 12.4. The summed E-state index contributed by atoms with van der Waals surface area (Å²) in [7, 11) is 0. The summed E-state index contributed by atoms with van der Waals surface area (Å²) in [5.74, 6) is 3.88. The largest absolute Gasteiger partial charge is 0.505 e. The van der Waals surface area contributed by atoms with E-state index in [2.05, 4.69) is 184 Å². The van der Waals surface area contributed by atoms with Gasteiger partial charge in [-0.2, -0.15) is 23.5 Å². The highest BCUT2D eigenvalue weighted by molar-refractivity contribution is 7.99. The third-order valence-corrected chi connectivity index (χ3v) is 15.8. The van der Waals surface area contributed by atoms with Crippen LogP contribution in [0.2, 0.25) is 0 Å². The van der Waals surface area contributed by atoms with Crippen molar-refractivity contribution in [2.75, 3.05) is 5.75 Å². The van der Waals surface area contributed by atoms with Crippen molar-refractivity contribution in [1.82, 2.24) is 9.13 Å². The van der Waals surface area contributed by atoms with Crippen molar-refractivity contribution in [2.45, 2.75) is 108 Å². The molecule has 0 saturated heterocycles. The van der Waals surface area contributed by atoms with Gasteiger partial charge in [-0.25, -0.2) is 0 Å². The van der Waals surface area contributed by atoms with E-state index in [-0.39, 0.29) is 10.8 Å². The zero-order valence-corrected chi connectivity index (χ0v) is 38.3. The number of benzene rings is 6. The van der Waals surface area contributed by atoms with Crippen LogP contribution in [0.25, 0.3) is 55.0 Å². The lowest BCUT2D eigenvalue weighted by molar-refractivity contribution is 0.419. The van der Waals surface area contributed by atoms with Gasteiger partial charge in [-0.3, -0.25) is 0 Å². The van der Waals surface area contributed by atoms with Crippen molar-refractivity contribution in [3.63, 3.8) is 0 Å². The highest BCUT2D eigenvalue weighted by atomic mass is 32.2. The topological polar surface area (TPSA) is 50.3 Å². The average Bonchev–Trinajstić information content (AvgIpc) is 3.75. The van der Waals surface area contributed by atoms with Gasteiger partial charge in [-0.1, -0.05) is 152 Å². The first-order valence-electron chi connectivity index (χ1n) is 22.3. The van der Waals surface area contributed by atoms with Gasteiger partial charge in [0.2, 0.25) is 0 Å². The zero-order valence-electron chi connectivity index (χ0n) is 36.7. The first-order chi connectivity index (χ1) is 29.4. The second kappa shape index (κ2) is 16.8. The normalized spacial score (nSPS) is 16.8. The minimum absolute atomic E-state index is 0.0842. The summed E-state index contributed by atoms with van der Waals surface area (Å²) < 4.78 is 4.54. The van der Waals surface area contributed by atoms with Crippen molar-refractivity contribution in [2.24, 2.45) is 5.92 Å². The fourth-order valence-electron chi connectivity index (χ4n) is 9.60. The Morgan fingerprint density at radius 3 is 1.33 bits per heavy atom. The lowest BCUT2D eigenvalue weighted by Crippen LogP contribution is -2.22. The number of phenols is 2. The number of hydrogen-bond donors (Lipinski definition) is 2. The SMILES string of the molecule is CC(C)(C)c1cc(CSCC2CCCCCCC2SCc2cc(C(C)(C)C)cc(-n3c4ccccc4c4ccccc43)c2O)c(O)c(-n2c3ccccc3c3ccccc32)c1. The van der Waals surface area contributed by atoms with E-state index < -0.39 is 0 Å². The molecular weight excluding hydrogens is 785 g/mol. The maximum Gasteiger partial charge on any atom is 0.143 e. The number of aromatic hydroxyl groups is 2. The van der Waals surface area contributed by atoms with Gasteiger partial charge in [0, 0.05) is 49.4 Å². The van der Waals surface area contributed by atoms with Crippen LogP contribution in [-0.2, 0) is 22.3 Å². The van der Waals surface area contributed by atoms with Gasteiger partial charge >= 0.3 is 0 Å². The molecule has 0 bridgehead atoms. The summed E-state index contributed by atoms with van der Waals surface area (Å²) >= 11 is 4.03. The lowest BCUT2D eigenvalue weighted by atomic mass is 9.85. The Morgan fingerprint density at radius 1 is 0.508 bits per heavy atom. The molecular formula is C55H60N2O2S2. The summed E-state index contributed by atoms with van der Waals surface area (Å²) in [4.78, 5) is 0. The minimum Gasteiger partial charge on any atom is -0.505 e. The second-order valence-electron chi connectivity index (χ2n) is 19.4. The van der Waals surface area contributed by atoms with Gasteiger partial charge < -0.3 is 19.3 Å². The third kappa shape index (κ3) is 8.07. The molecule has 0 aliphatic heterocycles. The number of thioether (sulfide) groups is 2. The number of phenolic OH excluding ortho intramolecular Hbond substituents is 2. The van der Waals surface area contributed by atoms with Crippen molar-refractivity contribution < 1.29 is 10.2 Å². The van der Waals surface area contributed by atoms with Crippen LogP contribution in [0.15, 0.2) is 121 Å². The van der Waals surface area contributed by atoms with E-state index in [1.54, 1.807) is 0 Å². The predicted molar refractivity (Wildman–Crippen MR) is 265 cm³/mol. The molecule has 8 aromatic rings. The number of para-hydroxylation sites is 4. The molecule has 1 saturated carbocycles. The molecule has 6 heteroatoms. The van der Waals surface area contributed by atoms with Crippen LogP contribution >= 0.6 is 23.5 Å². The quantitative estimate of drug-likeness (QED) is 0.152. The van der Waals surface area contributed by atoms with Gasteiger partial charge in [0.25, 0.3) is 0 Å². The fraction of sp³-hybridized carbons (Fsp3) is 0.345. The molecule has 314 valence electrons. The van der Waals surface area contributed by atoms with Crippen LogP contribution in [0.4, 0.5) is 0 Å². The smallest absolute Gasteiger partial charge is 0.143 e. The van der Waals surface area contributed by atoms with Crippen LogP contribution < -0.4 is 0 Å². The molecule has 9 rings (SSSR count). The number of aromatic nitrogens is 2. The molecule has 0 radical (unpaired) electrons. The van der Waals surface area contributed by atoms with E-state index in [1.807, 2.05) is 11.8 Å². The van der Waals surface area contributed by atoms with E-state index in [4.69, 9.17) is 0 Å². The summed E-state index contributed by atoms with van der Waals surface area (Å²) in [6.07, 6.45) is 7.50. The minimum atomic E-state index is -0.0860. The van der Waals surface area contributed by atoms with E-state index >= 15 is 0 Å². The highest BCUT2D eigenvalue weighted by Crippen LogP contribution is 2.44. The Kier molecular flexibility index (Phi) is 11.5. The van der Waals surface area contributed by atoms with E-state index in [9.17, 15) is 10.2 Å². The number of nitrogens with zero attached hydrogens (tertiary/aromatic N) is 2. The van der Waals surface area contributed by atoms with Gasteiger partial charge in [0.05, 0.1) is 33.4 Å². The number of fused-ring (bicyclic) bond motifs is 6. The van der Waals surface area contributed by atoms with E-state index in [0.29, 0.717) is 22.7 Å². The Bertz CT molecular complexity index is 2760. The van der Waals surface area contributed by atoms with E-state index in [0.717, 1.165) is 61.8 Å².